The summed E-state index contributed by atoms with van der Waals surface area (Å²) in [5.41, 5.74) is 0. The van der Waals surface area contributed by atoms with Gasteiger partial charge >= 0.3 is 47.5 Å². The molecule has 0 amide bonds. The number of ether oxygens (including phenoxy) is 2. The number of carbonyl (C=O) groups excluding carboxylic acids is 3. The van der Waals surface area contributed by atoms with Gasteiger partial charge in [-0.25, -0.2) is 9.59 Å². The standard InChI is InChI=1S/C44H82O5.Na.H/c1-3-5-7-9-11-13-15-17-19-21-22-23-24-26-28-30-32-34-36-38-43(46)49-44(47)40-39-42(45)48-41-37-35-33-31-29-27-25-20-18-16-14-12-10-8-6-4-2;;/h39-40H,3-38,41H2,1-2H3;;/q;+1;-1/b40-39+;;. The van der Waals surface area contributed by atoms with Crippen LogP contribution in [0, 0.1) is 0 Å². The Bertz CT molecular complexity index is 760. The van der Waals surface area contributed by atoms with E-state index in [0.717, 1.165) is 44.3 Å². The Morgan fingerprint density at radius 1 is 0.380 bits per heavy atom. The van der Waals surface area contributed by atoms with Gasteiger partial charge in [-0.05, 0) is 12.8 Å². The first-order valence-corrected chi connectivity index (χ1v) is 21.7. The first-order valence-electron chi connectivity index (χ1n) is 21.7. The predicted octanol–water partition coefficient (Wildman–Crippen LogP) is 11.4. The Labute approximate surface area is 334 Å². The van der Waals surface area contributed by atoms with Crippen molar-refractivity contribution in [3.63, 3.8) is 0 Å². The minimum Gasteiger partial charge on any atom is -1.00 e. The minimum absolute atomic E-state index is 0. The van der Waals surface area contributed by atoms with E-state index in [0.29, 0.717) is 6.61 Å². The van der Waals surface area contributed by atoms with Crippen molar-refractivity contribution in [1.82, 2.24) is 0 Å². The summed E-state index contributed by atoms with van der Waals surface area (Å²) in [7, 11) is 0. The summed E-state index contributed by atoms with van der Waals surface area (Å²) in [6.45, 7) is 4.91. The molecule has 0 aromatic heterocycles. The van der Waals surface area contributed by atoms with Crippen LogP contribution in [0.3, 0.4) is 0 Å². The molecular weight excluding hydrogens is 631 g/mol. The summed E-state index contributed by atoms with van der Waals surface area (Å²) >= 11 is 0. The fourth-order valence-corrected chi connectivity index (χ4v) is 6.55. The van der Waals surface area contributed by atoms with Crippen LogP contribution in [0.15, 0.2) is 12.2 Å². The maximum atomic E-state index is 11.9. The van der Waals surface area contributed by atoms with Gasteiger partial charge in [0.25, 0.3) is 0 Å². The van der Waals surface area contributed by atoms with Crippen molar-refractivity contribution in [3.05, 3.63) is 12.2 Å². The van der Waals surface area contributed by atoms with Crippen molar-refractivity contribution in [2.75, 3.05) is 6.61 Å². The Morgan fingerprint density at radius 2 is 0.640 bits per heavy atom. The second-order valence-electron chi connectivity index (χ2n) is 14.7. The Morgan fingerprint density at radius 3 is 0.960 bits per heavy atom. The molecule has 0 radical (unpaired) electrons. The van der Waals surface area contributed by atoms with Crippen LogP contribution in [-0.4, -0.2) is 24.5 Å². The van der Waals surface area contributed by atoms with Gasteiger partial charge in [-0.2, -0.15) is 0 Å². The van der Waals surface area contributed by atoms with E-state index in [2.05, 4.69) is 13.8 Å². The summed E-state index contributed by atoms with van der Waals surface area (Å²) < 4.78 is 9.97. The fraction of sp³-hybridized carbons (Fsp3) is 0.886. The van der Waals surface area contributed by atoms with Crippen molar-refractivity contribution < 1.29 is 54.8 Å². The van der Waals surface area contributed by atoms with Crippen molar-refractivity contribution in [3.8, 4) is 0 Å². The molecule has 0 aromatic rings. The molecule has 0 unspecified atom stereocenters. The van der Waals surface area contributed by atoms with E-state index in [1.807, 2.05) is 0 Å². The molecule has 0 saturated carbocycles. The zero-order valence-corrected chi connectivity index (χ0v) is 35.9. The van der Waals surface area contributed by atoms with Gasteiger partial charge in [0.05, 0.1) is 6.61 Å². The topological polar surface area (TPSA) is 69.7 Å². The minimum atomic E-state index is -0.804. The van der Waals surface area contributed by atoms with Crippen LogP contribution in [0.4, 0.5) is 0 Å². The second kappa shape index (κ2) is 44.5. The maximum Gasteiger partial charge on any atom is 1.00 e. The number of carbonyl (C=O) groups is 3. The number of esters is 3. The average molecular weight is 715 g/mol. The SMILES string of the molecule is CCCCCCCCCCCCCCCCCCCCCC(=O)OC(=O)/C=C/C(=O)OCCCCCCCCCCCCCCCCCC.[H-].[Na+]. The van der Waals surface area contributed by atoms with Crippen LogP contribution in [0.25, 0.3) is 0 Å². The van der Waals surface area contributed by atoms with E-state index in [4.69, 9.17) is 9.47 Å². The average Bonchev–Trinajstić information content (AvgIpc) is 3.09. The van der Waals surface area contributed by atoms with Crippen molar-refractivity contribution in [1.29, 1.82) is 0 Å². The normalized spacial score (nSPS) is 11.2. The van der Waals surface area contributed by atoms with E-state index in [-0.39, 0.29) is 37.4 Å². The fourth-order valence-electron chi connectivity index (χ4n) is 6.55. The van der Waals surface area contributed by atoms with Gasteiger partial charge < -0.3 is 10.9 Å². The third-order valence-corrected chi connectivity index (χ3v) is 9.80. The van der Waals surface area contributed by atoms with Crippen LogP contribution < -0.4 is 29.6 Å². The van der Waals surface area contributed by atoms with E-state index in [9.17, 15) is 14.4 Å². The molecule has 0 saturated heterocycles. The van der Waals surface area contributed by atoms with Crippen molar-refractivity contribution in [2.45, 2.75) is 245 Å². The van der Waals surface area contributed by atoms with Gasteiger partial charge in [-0.3, -0.25) is 4.79 Å². The monoisotopic (exact) mass is 715 g/mol. The quantitative estimate of drug-likeness (QED) is 0.0208. The molecule has 50 heavy (non-hydrogen) atoms. The molecular formula is C44H83NaO5. The molecule has 0 atom stereocenters. The van der Waals surface area contributed by atoms with E-state index in [1.54, 1.807) is 0 Å². The van der Waals surface area contributed by atoms with Crippen molar-refractivity contribution >= 4 is 17.9 Å². The second-order valence-corrected chi connectivity index (χ2v) is 14.7. The molecule has 0 spiro atoms. The number of hydrogen-bond donors (Lipinski definition) is 0. The molecule has 0 aromatic carbocycles. The van der Waals surface area contributed by atoms with E-state index >= 15 is 0 Å². The Hall–Kier alpha value is -0.650. The van der Waals surface area contributed by atoms with Gasteiger partial charge in [0.2, 0.25) is 0 Å². The molecule has 6 heteroatoms. The van der Waals surface area contributed by atoms with Gasteiger partial charge in [-0.15, -0.1) is 0 Å². The summed E-state index contributed by atoms with van der Waals surface area (Å²) in [4.78, 5) is 35.6. The third-order valence-electron chi connectivity index (χ3n) is 9.80. The molecule has 290 valence electrons. The van der Waals surface area contributed by atoms with E-state index < -0.39 is 17.9 Å². The number of unbranched alkanes of at least 4 members (excludes halogenated alkanes) is 33. The summed E-state index contributed by atoms with van der Waals surface area (Å²) in [5, 5.41) is 0. The molecule has 0 aliphatic carbocycles. The Kier molecular flexibility index (Phi) is 45.8. The van der Waals surface area contributed by atoms with Crippen LogP contribution in [0.5, 0.6) is 0 Å². The molecule has 0 bridgehead atoms. The molecule has 5 nitrogen and oxygen atoms in total. The number of hydrogen-bond acceptors (Lipinski definition) is 5. The Balaban J connectivity index is -0.0000115. The van der Waals surface area contributed by atoms with Gasteiger partial charge in [0.15, 0.2) is 0 Å². The summed E-state index contributed by atoms with van der Waals surface area (Å²) in [6.07, 6.45) is 47.9. The predicted molar refractivity (Wildman–Crippen MR) is 210 cm³/mol. The molecule has 0 rings (SSSR count). The molecule has 0 aliphatic heterocycles. The molecule has 0 fully saturated rings. The zero-order valence-electron chi connectivity index (χ0n) is 34.9. The van der Waals surface area contributed by atoms with Gasteiger partial charge in [0, 0.05) is 18.6 Å². The number of rotatable bonds is 39. The first-order chi connectivity index (χ1) is 24.1. The third kappa shape index (κ3) is 43.5. The molecule has 0 N–H and O–H groups in total. The molecule has 0 heterocycles. The van der Waals surface area contributed by atoms with Crippen LogP contribution in [0.2, 0.25) is 0 Å². The summed E-state index contributed by atoms with van der Waals surface area (Å²) in [5.74, 6) is -1.89. The van der Waals surface area contributed by atoms with Crippen molar-refractivity contribution in [2.24, 2.45) is 0 Å². The maximum absolute atomic E-state index is 11.9. The van der Waals surface area contributed by atoms with Crippen LogP contribution >= 0.6 is 0 Å². The van der Waals surface area contributed by atoms with Crippen LogP contribution in [-0.2, 0) is 23.9 Å². The van der Waals surface area contributed by atoms with Crippen LogP contribution in [0.1, 0.15) is 246 Å². The largest absolute Gasteiger partial charge is 1.00 e. The molecule has 0 aliphatic rings. The van der Waals surface area contributed by atoms with E-state index in [1.165, 1.54) is 193 Å². The first kappa shape index (κ1) is 51.5. The summed E-state index contributed by atoms with van der Waals surface area (Å²) in [6, 6.07) is 0. The smallest absolute Gasteiger partial charge is 1.00 e. The van der Waals surface area contributed by atoms with Gasteiger partial charge in [0.1, 0.15) is 0 Å². The zero-order chi connectivity index (χ0) is 35.7. The van der Waals surface area contributed by atoms with Gasteiger partial charge in [-0.1, -0.05) is 226 Å².